The fourth-order valence-corrected chi connectivity index (χ4v) is 4.53. The highest BCUT2D eigenvalue weighted by atomic mass is 32.1. The molecule has 4 N–H and O–H groups in total. The van der Waals surface area contributed by atoms with Crippen LogP contribution in [-0.4, -0.2) is 54.0 Å². The first kappa shape index (κ1) is 20.0. The Balaban J connectivity index is 1.81. The number of thiophene rings is 1. The van der Waals surface area contributed by atoms with Crippen LogP contribution < -0.4 is 11.5 Å². The van der Waals surface area contributed by atoms with Crippen molar-refractivity contribution in [1.82, 2.24) is 9.96 Å². The quantitative estimate of drug-likeness (QED) is 0.695. The Kier molecular flexibility index (Phi) is 6.64. The molecule has 148 valence electrons. The smallest absolute Gasteiger partial charge is 0.273 e. The van der Waals surface area contributed by atoms with E-state index in [0.717, 1.165) is 43.0 Å². The standard InChI is InChI=1S/C19H29N5O2S/c1-3-6-24(26-4-2)19(25)13-8-17-16(22-18(21)9-13)10-15(27-17)12-23-7-5-14(20)11-23/h8,10,14H,3-7,9,11-12,20H2,1-2H3,(H2,21,22). The normalized spacial score (nSPS) is 20.0. The second-order valence-electron chi connectivity index (χ2n) is 7.02. The minimum atomic E-state index is -0.134. The number of hydroxylamine groups is 2. The first-order valence-corrected chi connectivity index (χ1v) is 10.4. The molecule has 0 radical (unpaired) electrons. The first-order chi connectivity index (χ1) is 13.0. The number of amides is 1. The van der Waals surface area contributed by atoms with Gasteiger partial charge in [0.15, 0.2) is 0 Å². The largest absolute Gasteiger partial charge is 0.387 e. The number of fused-ring (bicyclic) bond motifs is 1. The Hall–Kier alpha value is -1.74. The summed E-state index contributed by atoms with van der Waals surface area (Å²) in [5.74, 6) is 0.319. The molecular formula is C19H29N5O2S. The lowest BCUT2D eigenvalue weighted by Gasteiger charge is -2.21. The third-order valence-electron chi connectivity index (χ3n) is 4.63. The molecule has 2 aliphatic heterocycles. The SMILES string of the molecule is CCCN(OCC)C(=O)C1=Cc2sc(CN3CCC(N)C3)cc2N=C(N)C1. The summed E-state index contributed by atoms with van der Waals surface area (Å²) in [6.45, 7) is 7.71. The van der Waals surface area contributed by atoms with Gasteiger partial charge in [-0.25, -0.2) is 10.1 Å². The van der Waals surface area contributed by atoms with Crippen LogP contribution in [0.4, 0.5) is 5.69 Å². The zero-order valence-corrected chi connectivity index (χ0v) is 16.9. The first-order valence-electron chi connectivity index (χ1n) is 9.59. The van der Waals surface area contributed by atoms with Crippen LogP contribution in [0.25, 0.3) is 6.08 Å². The molecule has 0 spiro atoms. The monoisotopic (exact) mass is 391 g/mol. The lowest BCUT2D eigenvalue weighted by molar-refractivity contribution is -0.180. The van der Waals surface area contributed by atoms with Gasteiger partial charge in [-0.3, -0.25) is 14.5 Å². The summed E-state index contributed by atoms with van der Waals surface area (Å²) in [5, 5.41) is 1.43. The average molecular weight is 392 g/mol. The number of carbonyl (C=O) groups is 1. The highest BCUT2D eigenvalue weighted by molar-refractivity contribution is 7.13. The van der Waals surface area contributed by atoms with E-state index in [1.807, 2.05) is 19.9 Å². The van der Waals surface area contributed by atoms with Crippen LogP contribution >= 0.6 is 11.3 Å². The van der Waals surface area contributed by atoms with Gasteiger partial charge in [-0.1, -0.05) is 6.92 Å². The van der Waals surface area contributed by atoms with Crippen molar-refractivity contribution in [2.45, 2.75) is 45.7 Å². The van der Waals surface area contributed by atoms with Gasteiger partial charge in [0.2, 0.25) is 0 Å². The fourth-order valence-electron chi connectivity index (χ4n) is 3.42. The molecule has 1 saturated heterocycles. The predicted molar refractivity (Wildman–Crippen MR) is 110 cm³/mol. The molecule has 3 rings (SSSR count). The van der Waals surface area contributed by atoms with Crippen molar-refractivity contribution in [3.8, 4) is 0 Å². The van der Waals surface area contributed by atoms with E-state index in [4.69, 9.17) is 16.3 Å². The molecular weight excluding hydrogens is 362 g/mol. The number of likely N-dealkylation sites (tertiary alicyclic amines) is 1. The van der Waals surface area contributed by atoms with Crippen LogP contribution in [0.2, 0.25) is 0 Å². The molecule has 7 nitrogen and oxygen atoms in total. The lowest BCUT2D eigenvalue weighted by Crippen LogP contribution is -2.34. The molecule has 1 atom stereocenters. The van der Waals surface area contributed by atoms with Gasteiger partial charge < -0.3 is 11.5 Å². The Labute approximate surface area is 164 Å². The summed E-state index contributed by atoms with van der Waals surface area (Å²) in [6, 6.07) is 2.34. The molecule has 0 aromatic carbocycles. The molecule has 3 heterocycles. The maximum absolute atomic E-state index is 12.9. The third-order valence-corrected chi connectivity index (χ3v) is 5.69. The number of hydrogen-bond donors (Lipinski definition) is 2. The van der Waals surface area contributed by atoms with E-state index in [0.29, 0.717) is 31.0 Å². The summed E-state index contributed by atoms with van der Waals surface area (Å²) in [5.41, 5.74) is 13.6. The number of rotatable bonds is 7. The molecule has 2 aliphatic rings. The molecule has 1 aromatic heterocycles. The van der Waals surface area contributed by atoms with Gasteiger partial charge >= 0.3 is 0 Å². The van der Waals surface area contributed by atoms with Crippen molar-refractivity contribution in [3.05, 3.63) is 21.4 Å². The number of nitrogens with zero attached hydrogens (tertiary/aromatic N) is 3. The molecule has 0 saturated carbocycles. The molecule has 27 heavy (non-hydrogen) atoms. The Morgan fingerprint density at radius 2 is 2.30 bits per heavy atom. The summed E-state index contributed by atoms with van der Waals surface area (Å²) in [4.78, 5) is 27.5. The number of aliphatic imine (C=N–C) groups is 1. The second-order valence-corrected chi connectivity index (χ2v) is 8.19. The third kappa shape index (κ3) is 4.95. The van der Waals surface area contributed by atoms with Crippen molar-refractivity contribution in [1.29, 1.82) is 0 Å². The van der Waals surface area contributed by atoms with Gasteiger partial charge in [-0.15, -0.1) is 11.3 Å². The van der Waals surface area contributed by atoms with Crippen LogP contribution in [0, 0.1) is 0 Å². The van der Waals surface area contributed by atoms with Gasteiger partial charge in [-0.05, 0) is 31.9 Å². The number of nitrogens with two attached hydrogens (primary N) is 2. The summed E-state index contributed by atoms with van der Waals surface area (Å²) in [7, 11) is 0. The van der Waals surface area contributed by atoms with E-state index >= 15 is 0 Å². The maximum Gasteiger partial charge on any atom is 0.273 e. The summed E-state index contributed by atoms with van der Waals surface area (Å²) >= 11 is 1.67. The van der Waals surface area contributed by atoms with E-state index < -0.39 is 0 Å². The van der Waals surface area contributed by atoms with Crippen molar-refractivity contribution in [3.63, 3.8) is 0 Å². The summed E-state index contributed by atoms with van der Waals surface area (Å²) in [6.07, 6.45) is 4.13. The van der Waals surface area contributed by atoms with Crippen molar-refractivity contribution in [2.24, 2.45) is 16.5 Å². The predicted octanol–water partition coefficient (Wildman–Crippen LogP) is 2.25. The maximum atomic E-state index is 12.9. The summed E-state index contributed by atoms with van der Waals surface area (Å²) < 4.78 is 0. The van der Waals surface area contributed by atoms with Crippen LogP contribution in [0.3, 0.4) is 0 Å². The molecule has 8 heteroatoms. The van der Waals surface area contributed by atoms with Gasteiger partial charge in [0.1, 0.15) is 5.84 Å². The van der Waals surface area contributed by atoms with Crippen LogP contribution in [0.15, 0.2) is 16.6 Å². The van der Waals surface area contributed by atoms with Crippen molar-refractivity contribution >= 4 is 34.8 Å². The molecule has 1 aromatic rings. The lowest BCUT2D eigenvalue weighted by atomic mass is 10.1. The minimum Gasteiger partial charge on any atom is -0.387 e. The molecule has 1 unspecified atom stereocenters. The van der Waals surface area contributed by atoms with Crippen molar-refractivity contribution in [2.75, 3.05) is 26.2 Å². The van der Waals surface area contributed by atoms with Gasteiger partial charge in [0, 0.05) is 49.1 Å². The zero-order valence-electron chi connectivity index (χ0n) is 16.1. The van der Waals surface area contributed by atoms with Gasteiger partial charge in [0.25, 0.3) is 5.91 Å². The molecule has 1 fully saturated rings. The van der Waals surface area contributed by atoms with Crippen LogP contribution in [0.5, 0.6) is 0 Å². The molecule has 0 aliphatic carbocycles. The fraction of sp³-hybridized carbons (Fsp3) is 0.579. The zero-order chi connectivity index (χ0) is 19.4. The number of amidine groups is 1. The van der Waals surface area contributed by atoms with E-state index in [-0.39, 0.29) is 11.9 Å². The topological polar surface area (TPSA) is 97.2 Å². The van der Waals surface area contributed by atoms with E-state index in [2.05, 4.69) is 16.0 Å². The van der Waals surface area contributed by atoms with Crippen LogP contribution in [0.1, 0.15) is 42.9 Å². The van der Waals surface area contributed by atoms with Crippen LogP contribution in [-0.2, 0) is 16.2 Å². The second kappa shape index (κ2) is 8.97. The molecule has 1 amide bonds. The average Bonchev–Trinajstić information content (AvgIpc) is 3.15. The minimum absolute atomic E-state index is 0.134. The number of carbonyl (C=O) groups excluding carboxylic acids is 1. The molecule has 0 bridgehead atoms. The van der Waals surface area contributed by atoms with E-state index in [9.17, 15) is 4.79 Å². The van der Waals surface area contributed by atoms with E-state index in [1.165, 1.54) is 9.94 Å². The van der Waals surface area contributed by atoms with Gasteiger partial charge in [-0.2, -0.15) is 0 Å². The Morgan fingerprint density at radius 3 is 2.96 bits per heavy atom. The van der Waals surface area contributed by atoms with E-state index in [1.54, 1.807) is 11.3 Å². The highest BCUT2D eigenvalue weighted by Gasteiger charge is 2.24. The Morgan fingerprint density at radius 1 is 1.48 bits per heavy atom. The highest BCUT2D eigenvalue weighted by Crippen LogP contribution is 2.35. The van der Waals surface area contributed by atoms with Crippen molar-refractivity contribution < 1.29 is 9.63 Å². The Bertz CT molecular complexity index is 736. The van der Waals surface area contributed by atoms with Gasteiger partial charge in [0.05, 0.1) is 17.2 Å². The number of hydrogen-bond acceptors (Lipinski definition) is 7.